The van der Waals surface area contributed by atoms with Gasteiger partial charge >= 0.3 is 5.97 Å². The van der Waals surface area contributed by atoms with E-state index in [-0.39, 0.29) is 37.8 Å². The number of hydrogen-bond acceptors (Lipinski definition) is 6. The molecule has 8 heteroatoms. The van der Waals surface area contributed by atoms with Crippen LogP contribution in [0.25, 0.3) is 0 Å². The van der Waals surface area contributed by atoms with E-state index in [1.54, 1.807) is 19.9 Å². The van der Waals surface area contributed by atoms with Gasteiger partial charge in [-0.1, -0.05) is 5.16 Å². The maximum atomic E-state index is 12.4. The molecule has 0 aliphatic heterocycles. The van der Waals surface area contributed by atoms with Crippen LogP contribution in [0.1, 0.15) is 46.3 Å². The topological polar surface area (TPSA) is 102 Å². The largest absolute Gasteiger partial charge is 0.466 e. The van der Waals surface area contributed by atoms with Crippen LogP contribution in [0.15, 0.2) is 10.6 Å². The van der Waals surface area contributed by atoms with E-state index < -0.39 is 11.5 Å². The first-order valence-electron chi connectivity index (χ1n) is 7.82. The second-order valence-electron chi connectivity index (χ2n) is 6.33. The van der Waals surface area contributed by atoms with Crippen molar-refractivity contribution in [2.24, 2.45) is 0 Å². The molecule has 0 fully saturated rings. The molecule has 1 aromatic rings. The van der Waals surface area contributed by atoms with Crippen LogP contribution in [-0.4, -0.2) is 46.5 Å². The van der Waals surface area contributed by atoms with Crippen molar-refractivity contribution in [2.45, 2.75) is 53.0 Å². The molecule has 0 aromatic carbocycles. The molecule has 0 unspecified atom stereocenters. The molecule has 134 valence electrons. The standard InChI is InChI=1S/C16H25N3O5/c1-6-23-15(22)8-7-14(21)19(16(3,4)5)10-13(20)17-12-9-11(2)24-18-12/h9H,6-8,10H2,1-5H3,(H,17,18,20). The molecule has 1 rings (SSSR count). The Kier molecular flexibility index (Phi) is 6.94. The molecule has 1 heterocycles. The van der Waals surface area contributed by atoms with Gasteiger partial charge in [0.2, 0.25) is 11.8 Å². The number of nitrogens with zero attached hydrogens (tertiary/aromatic N) is 2. The number of aromatic nitrogens is 1. The van der Waals surface area contributed by atoms with E-state index in [0.717, 1.165) is 0 Å². The zero-order valence-corrected chi connectivity index (χ0v) is 14.8. The molecule has 8 nitrogen and oxygen atoms in total. The number of nitrogens with one attached hydrogen (secondary N) is 1. The first kappa shape index (κ1) is 19.7. The van der Waals surface area contributed by atoms with Gasteiger partial charge in [-0.05, 0) is 34.6 Å². The highest BCUT2D eigenvalue weighted by atomic mass is 16.5. The molecule has 0 aliphatic rings. The van der Waals surface area contributed by atoms with E-state index in [1.165, 1.54) is 4.90 Å². The van der Waals surface area contributed by atoms with Gasteiger partial charge < -0.3 is 19.5 Å². The summed E-state index contributed by atoms with van der Waals surface area (Å²) >= 11 is 0. The number of ether oxygens (including phenoxy) is 1. The average Bonchev–Trinajstić information content (AvgIpc) is 2.86. The molecular weight excluding hydrogens is 314 g/mol. The van der Waals surface area contributed by atoms with Gasteiger partial charge in [-0.15, -0.1) is 0 Å². The Morgan fingerprint density at radius 3 is 2.46 bits per heavy atom. The maximum absolute atomic E-state index is 12.4. The molecule has 0 saturated heterocycles. The summed E-state index contributed by atoms with van der Waals surface area (Å²) < 4.78 is 9.69. The predicted molar refractivity (Wildman–Crippen MR) is 87.2 cm³/mol. The fourth-order valence-electron chi connectivity index (χ4n) is 2.03. The van der Waals surface area contributed by atoms with Gasteiger partial charge in [0.05, 0.1) is 13.0 Å². The summed E-state index contributed by atoms with van der Waals surface area (Å²) in [7, 11) is 0. The van der Waals surface area contributed by atoms with Gasteiger partial charge in [0, 0.05) is 18.0 Å². The molecule has 1 N–H and O–H groups in total. The smallest absolute Gasteiger partial charge is 0.306 e. The van der Waals surface area contributed by atoms with Crippen molar-refractivity contribution in [3.63, 3.8) is 0 Å². The van der Waals surface area contributed by atoms with Crippen molar-refractivity contribution in [2.75, 3.05) is 18.5 Å². The SMILES string of the molecule is CCOC(=O)CCC(=O)N(CC(=O)Nc1cc(C)on1)C(C)(C)C. The summed E-state index contributed by atoms with van der Waals surface area (Å²) in [4.78, 5) is 37.4. The fourth-order valence-corrected chi connectivity index (χ4v) is 2.03. The number of rotatable bonds is 7. The molecule has 0 aliphatic carbocycles. The lowest BCUT2D eigenvalue weighted by atomic mass is 10.0. The third-order valence-electron chi connectivity index (χ3n) is 3.16. The van der Waals surface area contributed by atoms with E-state index in [1.807, 2.05) is 20.8 Å². The van der Waals surface area contributed by atoms with Crippen molar-refractivity contribution in [3.05, 3.63) is 11.8 Å². The second-order valence-corrected chi connectivity index (χ2v) is 6.33. The highest BCUT2D eigenvalue weighted by Gasteiger charge is 2.28. The van der Waals surface area contributed by atoms with Crippen LogP contribution in [0.2, 0.25) is 0 Å². The zero-order valence-electron chi connectivity index (χ0n) is 14.8. The van der Waals surface area contributed by atoms with E-state index in [9.17, 15) is 14.4 Å². The van der Waals surface area contributed by atoms with E-state index in [0.29, 0.717) is 11.6 Å². The Balaban J connectivity index is 2.66. The Morgan fingerprint density at radius 1 is 1.29 bits per heavy atom. The Morgan fingerprint density at radius 2 is 1.96 bits per heavy atom. The Hall–Kier alpha value is -2.38. The van der Waals surface area contributed by atoms with Gasteiger partial charge in [0.15, 0.2) is 5.82 Å². The summed E-state index contributed by atoms with van der Waals surface area (Å²) in [6, 6.07) is 1.59. The summed E-state index contributed by atoms with van der Waals surface area (Å²) in [6.45, 7) is 9.02. The van der Waals surface area contributed by atoms with Gasteiger partial charge in [0.1, 0.15) is 12.3 Å². The van der Waals surface area contributed by atoms with Gasteiger partial charge in [0.25, 0.3) is 0 Å². The number of anilines is 1. The van der Waals surface area contributed by atoms with Gasteiger partial charge in [-0.25, -0.2) is 0 Å². The molecule has 2 amide bonds. The summed E-state index contributed by atoms with van der Waals surface area (Å²) in [5.74, 6) is -0.235. The maximum Gasteiger partial charge on any atom is 0.306 e. The minimum absolute atomic E-state index is 0.00749. The molecule has 0 spiro atoms. The lowest BCUT2D eigenvalue weighted by Gasteiger charge is -2.35. The quantitative estimate of drug-likeness (QED) is 0.761. The highest BCUT2D eigenvalue weighted by molar-refractivity contribution is 5.94. The average molecular weight is 339 g/mol. The molecule has 0 bridgehead atoms. The number of amides is 2. The highest BCUT2D eigenvalue weighted by Crippen LogP contribution is 2.16. The van der Waals surface area contributed by atoms with Crippen LogP contribution in [0, 0.1) is 6.92 Å². The number of carbonyl (C=O) groups is 3. The molecular formula is C16H25N3O5. The van der Waals surface area contributed by atoms with Gasteiger partial charge in [-0.2, -0.15) is 0 Å². The van der Waals surface area contributed by atoms with Crippen molar-refractivity contribution in [3.8, 4) is 0 Å². The van der Waals surface area contributed by atoms with Crippen LogP contribution in [0.4, 0.5) is 5.82 Å². The zero-order chi connectivity index (χ0) is 18.3. The minimum Gasteiger partial charge on any atom is -0.466 e. The minimum atomic E-state index is -0.567. The lowest BCUT2D eigenvalue weighted by Crippen LogP contribution is -2.49. The van der Waals surface area contributed by atoms with Crippen LogP contribution in [0.3, 0.4) is 0 Å². The number of carbonyl (C=O) groups excluding carboxylic acids is 3. The first-order chi connectivity index (χ1) is 11.1. The molecule has 0 saturated carbocycles. The van der Waals surface area contributed by atoms with Crippen molar-refractivity contribution in [1.29, 1.82) is 0 Å². The van der Waals surface area contributed by atoms with Crippen molar-refractivity contribution in [1.82, 2.24) is 10.1 Å². The monoisotopic (exact) mass is 339 g/mol. The molecule has 0 radical (unpaired) electrons. The van der Waals surface area contributed by atoms with Crippen LogP contribution in [0.5, 0.6) is 0 Å². The van der Waals surface area contributed by atoms with E-state index in [2.05, 4.69) is 10.5 Å². The molecule has 24 heavy (non-hydrogen) atoms. The van der Waals surface area contributed by atoms with Crippen LogP contribution < -0.4 is 5.32 Å². The van der Waals surface area contributed by atoms with Crippen LogP contribution >= 0.6 is 0 Å². The Bertz CT molecular complexity index is 589. The lowest BCUT2D eigenvalue weighted by molar-refractivity contribution is -0.147. The third-order valence-corrected chi connectivity index (χ3v) is 3.16. The van der Waals surface area contributed by atoms with Crippen molar-refractivity contribution >= 4 is 23.6 Å². The fraction of sp³-hybridized carbons (Fsp3) is 0.625. The van der Waals surface area contributed by atoms with E-state index in [4.69, 9.17) is 9.26 Å². The van der Waals surface area contributed by atoms with Crippen LogP contribution in [-0.2, 0) is 19.1 Å². The number of esters is 1. The Labute approximate surface area is 141 Å². The normalized spacial score (nSPS) is 11.0. The number of hydrogen-bond donors (Lipinski definition) is 1. The predicted octanol–water partition coefficient (Wildman–Crippen LogP) is 1.89. The molecule has 0 atom stereocenters. The summed E-state index contributed by atoms with van der Waals surface area (Å²) in [6.07, 6.45) is -0.0181. The first-order valence-corrected chi connectivity index (χ1v) is 7.82. The summed E-state index contributed by atoms with van der Waals surface area (Å²) in [5.41, 5.74) is -0.567. The second kappa shape index (κ2) is 8.47. The van der Waals surface area contributed by atoms with Crippen molar-refractivity contribution < 1.29 is 23.6 Å². The summed E-state index contributed by atoms with van der Waals surface area (Å²) in [5, 5.41) is 6.25. The van der Waals surface area contributed by atoms with Gasteiger partial charge in [-0.3, -0.25) is 14.4 Å². The third kappa shape index (κ3) is 6.39. The van der Waals surface area contributed by atoms with E-state index >= 15 is 0 Å². The molecule has 1 aromatic heterocycles. The number of aryl methyl sites for hydroxylation is 1.